The Balaban J connectivity index is 1.74. The summed E-state index contributed by atoms with van der Waals surface area (Å²) in [6.07, 6.45) is 1.38. The second-order valence-corrected chi connectivity index (χ2v) is 7.40. The summed E-state index contributed by atoms with van der Waals surface area (Å²) in [5.41, 5.74) is 1.57. The van der Waals surface area contributed by atoms with Crippen molar-refractivity contribution in [1.82, 2.24) is 0 Å². The molecule has 0 unspecified atom stereocenters. The van der Waals surface area contributed by atoms with E-state index in [9.17, 15) is 14.4 Å². The molecule has 0 fully saturated rings. The van der Waals surface area contributed by atoms with Gasteiger partial charge in [-0.15, -0.1) is 0 Å². The van der Waals surface area contributed by atoms with E-state index < -0.39 is 5.91 Å². The summed E-state index contributed by atoms with van der Waals surface area (Å²) in [7, 11) is 1.54. The van der Waals surface area contributed by atoms with Crippen LogP contribution < -0.4 is 14.8 Å². The number of benzene rings is 3. The van der Waals surface area contributed by atoms with Crippen molar-refractivity contribution in [2.45, 2.75) is 6.61 Å². The molecule has 3 aromatic rings. The number of methoxy groups -OCH3 is 1. The first-order valence-electron chi connectivity index (χ1n) is 9.33. The summed E-state index contributed by atoms with van der Waals surface area (Å²) in [4.78, 5) is 12.5. The standard InChI is InChI=1S/C24H17Cl2FN2O3/c1-31-20-8-6-19(7-9-20)29-24(30)17(13-28)10-16-11-21(25)23(22(26)12-16)32-14-15-2-4-18(27)5-3-15/h2-12H,14H2,1H3,(H,29,30)/b17-10-. The van der Waals surface area contributed by atoms with Crippen LogP contribution in [0.15, 0.2) is 66.2 Å². The van der Waals surface area contributed by atoms with E-state index in [4.69, 9.17) is 32.7 Å². The molecule has 1 amide bonds. The highest BCUT2D eigenvalue weighted by atomic mass is 35.5. The molecule has 0 spiro atoms. The lowest BCUT2D eigenvalue weighted by Gasteiger charge is -2.11. The Morgan fingerprint density at radius 2 is 1.72 bits per heavy atom. The number of anilines is 1. The number of hydrogen-bond acceptors (Lipinski definition) is 4. The van der Waals surface area contributed by atoms with Crippen molar-refractivity contribution >= 4 is 40.9 Å². The van der Waals surface area contributed by atoms with Gasteiger partial charge in [0.1, 0.15) is 29.8 Å². The summed E-state index contributed by atoms with van der Waals surface area (Å²) in [6, 6.07) is 17.5. The molecule has 0 aliphatic heterocycles. The maximum atomic E-state index is 13.0. The lowest BCUT2D eigenvalue weighted by Crippen LogP contribution is -2.13. The number of amides is 1. The van der Waals surface area contributed by atoms with Crippen LogP contribution in [0.4, 0.5) is 10.1 Å². The van der Waals surface area contributed by atoms with Crippen LogP contribution in [0.25, 0.3) is 6.08 Å². The first kappa shape index (κ1) is 23.1. The largest absolute Gasteiger partial charge is 0.497 e. The molecule has 0 radical (unpaired) electrons. The highest BCUT2D eigenvalue weighted by Gasteiger charge is 2.13. The number of halogens is 3. The van der Waals surface area contributed by atoms with Crippen molar-refractivity contribution in [2.24, 2.45) is 0 Å². The molecule has 0 heterocycles. The predicted molar refractivity (Wildman–Crippen MR) is 122 cm³/mol. The van der Waals surface area contributed by atoms with Gasteiger partial charge < -0.3 is 14.8 Å². The number of nitrogens with one attached hydrogen (secondary N) is 1. The Hall–Kier alpha value is -3.53. The first-order chi connectivity index (χ1) is 15.4. The van der Waals surface area contributed by atoms with Crippen LogP contribution in [0.1, 0.15) is 11.1 Å². The molecule has 0 aliphatic carbocycles. The topological polar surface area (TPSA) is 71.3 Å². The number of hydrogen-bond donors (Lipinski definition) is 1. The van der Waals surface area contributed by atoms with Gasteiger partial charge in [0.15, 0.2) is 5.75 Å². The Labute approximate surface area is 194 Å². The maximum absolute atomic E-state index is 13.0. The highest BCUT2D eigenvalue weighted by molar-refractivity contribution is 6.37. The van der Waals surface area contributed by atoms with Gasteiger partial charge in [0.2, 0.25) is 0 Å². The number of carbonyl (C=O) groups excluding carboxylic acids is 1. The second-order valence-electron chi connectivity index (χ2n) is 6.58. The van der Waals surface area contributed by atoms with Crippen molar-refractivity contribution in [2.75, 3.05) is 12.4 Å². The molecule has 0 aliphatic rings. The van der Waals surface area contributed by atoms with E-state index in [0.717, 1.165) is 5.56 Å². The van der Waals surface area contributed by atoms with Crippen LogP contribution in [0.2, 0.25) is 10.0 Å². The molecule has 0 saturated carbocycles. The quantitative estimate of drug-likeness (QED) is 0.326. The van der Waals surface area contributed by atoms with Gasteiger partial charge in [-0.3, -0.25) is 4.79 Å². The molecule has 8 heteroatoms. The number of ether oxygens (including phenoxy) is 2. The fourth-order valence-corrected chi connectivity index (χ4v) is 3.34. The first-order valence-corrected chi connectivity index (χ1v) is 10.1. The lowest BCUT2D eigenvalue weighted by atomic mass is 10.1. The van der Waals surface area contributed by atoms with Gasteiger partial charge in [0.25, 0.3) is 5.91 Å². The van der Waals surface area contributed by atoms with Gasteiger partial charge in [-0.1, -0.05) is 35.3 Å². The van der Waals surface area contributed by atoms with E-state index in [-0.39, 0.29) is 33.8 Å². The normalized spacial score (nSPS) is 10.9. The van der Waals surface area contributed by atoms with Gasteiger partial charge in [-0.25, -0.2) is 4.39 Å². The molecule has 0 bridgehead atoms. The third-order valence-corrected chi connectivity index (χ3v) is 4.90. The number of rotatable bonds is 7. The average Bonchev–Trinajstić information content (AvgIpc) is 2.78. The molecule has 0 atom stereocenters. The van der Waals surface area contributed by atoms with E-state index >= 15 is 0 Å². The van der Waals surface area contributed by atoms with Gasteiger partial charge in [0.05, 0.1) is 17.2 Å². The number of nitriles is 1. The molecule has 5 nitrogen and oxygen atoms in total. The molecule has 3 rings (SSSR count). The Morgan fingerprint density at radius 1 is 1.09 bits per heavy atom. The van der Waals surface area contributed by atoms with Crippen LogP contribution in [-0.4, -0.2) is 13.0 Å². The molecular weight excluding hydrogens is 454 g/mol. The van der Waals surface area contributed by atoms with E-state index in [1.165, 1.54) is 30.3 Å². The van der Waals surface area contributed by atoms with Crippen LogP contribution in [0, 0.1) is 17.1 Å². The van der Waals surface area contributed by atoms with Gasteiger partial charge in [0, 0.05) is 5.69 Å². The predicted octanol–water partition coefficient (Wildman–Crippen LogP) is 6.27. The molecule has 0 saturated heterocycles. The smallest absolute Gasteiger partial charge is 0.266 e. The maximum Gasteiger partial charge on any atom is 0.266 e. The summed E-state index contributed by atoms with van der Waals surface area (Å²) in [5, 5.41) is 12.5. The van der Waals surface area contributed by atoms with Crippen molar-refractivity contribution < 1.29 is 18.7 Å². The highest BCUT2D eigenvalue weighted by Crippen LogP contribution is 2.35. The van der Waals surface area contributed by atoms with Crippen molar-refractivity contribution in [3.63, 3.8) is 0 Å². The van der Waals surface area contributed by atoms with Crippen LogP contribution in [-0.2, 0) is 11.4 Å². The SMILES string of the molecule is COc1ccc(NC(=O)/C(C#N)=C\c2cc(Cl)c(OCc3ccc(F)cc3)c(Cl)c2)cc1. The summed E-state index contributed by atoms with van der Waals surface area (Å²) in [5.74, 6) is -0.0344. The lowest BCUT2D eigenvalue weighted by molar-refractivity contribution is -0.112. The van der Waals surface area contributed by atoms with Crippen molar-refractivity contribution in [3.05, 3.63) is 93.2 Å². The average molecular weight is 471 g/mol. The zero-order chi connectivity index (χ0) is 23.1. The minimum absolute atomic E-state index is 0.132. The molecule has 3 aromatic carbocycles. The van der Waals surface area contributed by atoms with Gasteiger partial charge in [-0.2, -0.15) is 5.26 Å². The third kappa shape index (κ3) is 6.01. The molecular formula is C24H17Cl2FN2O3. The fraction of sp³-hybridized carbons (Fsp3) is 0.0833. The number of nitrogens with zero attached hydrogens (tertiary/aromatic N) is 1. The zero-order valence-corrected chi connectivity index (χ0v) is 18.4. The molecule has 32 heavy (non-hydrogen) atoms. The van der Waals surface area contributed by atoms with Crippen molar-refractivity contribution in [3.8, 4) is 17.6 Å². The molecule has 162 valence electrons. The van der Waals surface area contributed by atoms with Gasteiger partial charge >= 0.3 is 0 Å². The molecule has 1 N–H and O–H groups in total. The van der Waals surface area contributed by atoms with Crippen LogP contribution in [0.5, 0.6) is 11.5 Å². The second kappa shape index (κ2) is 10.7. The minimum Gasteiger partial charge on any atom is -0.497 e. The summed E-state index contributed by atoms with van der Waals surface area (Å²) >= 11 is 12.6. The van der Waals surface area contributed by atoms with Crippen LogP contribution >= 0.6 is 23.2 Å². The fourth-order valence-electron chi connectivity index (χ4n) is 2.72. The zero-order valence-electron chi connectivity index (χ0n) is 16.9. The van der Waals surface area contributed by atoms with Gasteiger partial charge in [-0.05, 0) is 65.7 Å². The summed E-state index contributed by atoms with van der Waals surface area (Å²) < 4.78 is 23.8. The van der Waals surface area contributed by atoms with Crippen molar-refractivity contribution in [1.29, 1.82) is 5.26 Å². The minimum atomic E-state index is -0.582. The van der Waals surface area contributed by atoms with E-state index in [1.807, 2.05) is 6.07 Å². The Kier molecular flexibility index (Phi) is 7.72. The van der Waals surface area contributed by atoms with E-state index in [1.54, 1.807) is 43.5 Å². The Bertz CT molecular complexity index is 1160. The van der Waals surface area contributed by atoms with Crippen LogP contribution in [0.3, 0.4) is 0 Å². The number of carbonyl (C=O) groups is 1. The Morgan fingerprint density at radius 3 is 2.28 bits per heavy atom. The monoisotopic (exact) mass is 470 g/mol. The van der Waals surface area contributed by atoms with E-state index in [0.29, 0.717) is 17.0 Å². The summed E-state index contributed by atoms with van der Waals surface area (Å²) in [6.45, 7) is 0.141. The molecule has 0 aromatic heterocycles. The van der Waals surface area contributed by atoms with E-state index in [2.05, 4.69) is 5.32 Å². The third-order valence-electron chi connectivity index (χ3n) is 4.34.